The lowest BCUT2D eigenvalue weighted by atomic mass is 10.3. The van der Waals surface area contributed by atoms with Gasteiger partial charge in [-0.05, 0) is 26.0 Å². The number of carbonyl (C=O) groups excluding carboxylic acids is 1. The van der Waals surface area contributed by atoms with E-state index >= 15 is 0 Å². The third kappa shape index (κ3) is 3.09. The van der Waals surface area contributed by atoms with E-state index in [2.05, 4.69) is 20.7 Å². The average Bonchev–Trinajstić information content (AvgIpc) is 3.16. The van der Waals surface area contributed by atoms with E-state index in [9.17, 15) is 4.79 Å². The predicted octanol–water partition coefficient (Wildman–Crippen LogP) is 2.95. The molecule has 0 aliphatic carbocycles. The van der Waals surface area contributed by atoms with E-state index < -0.39 is 0 Å². The summed E-state index contributed by atoms with van der Waals surface area (Å²) in [4.78, 5) is 12.3. The molecule has 0 saturated heterocycles. The summed E-state index contributed by atoms with van der Waals surface area (Å²) in [5.41, 5.74) is 0.856. The summed E-state index contributed by atoms with van der Waals surface area (Å²) in [5, 5.41) is 15.3. The van der Waals surface area contributed by atoms with E-state index in [0.29, 0.717) is 16.5 Å². The molecule has 0 unspecified atom stereocenters. The molecular formula is C15H15ClN6O. The first kappa shape index (κ1) is 15.2. The van der Waals surface area contributed by atoms with Crippen molar-refractivity contribution in [3.8, 4) is 5.69 Å². The van der Waals surface area contributed by atoms with Crippen LogP contribution in [0.2, 0.25) is 5.02 Å². The van der Waals surface area contributed by atoms with Crippen LogP contribution in [0.25, 0.3) is 5.69 Å². The van der Waals surface area contributed by atoms with Crippen LogP contribution in [0.1, 0.15) is 30.4 Å². The number of nitrogens with one attached hydrogen (secondary N) is 1. The number of hydrogen-bond acceptors (Lipinski definition) is 4. The fourth-order valence-corrected chi connectivity index (χ4v) is 2.35. The van der Waals surface area contributed by atoms with Gasteiger partial charge in [-0.1, -0.05) is 28.9 Å². The molecule has 0 aliphatic rings. The Morgan fingerprint density at radius 2 is 2.04 bits per heavy atom. The third-order valence-electron chi connectivity index (χ3n) is 3.23. The lowest BCUT2D eigenvalue weighted by Crippen LogP contribution is -2.17. The van der Waals surface area contributed by atoms with Gasteiger partial charge in [0.05, 0.1) is 23.1 Å². The molecule has 7 nitrogen and oxygen atoms in total. The molecule has 23 heavy (non-hydrogen) atoms. The van der Waals surface area contributed by atoms with Crippen molar-refractivity contribution in [2.24, 2.45) is 0 Å². The maximum atomic E-state index is 12.3. The number of benzene rings is 1. The molecule has 0 radical (unpaired) electrons. The zero-order chi connectivity index (χ0) is 16.4. The predicted molar refractivity (Wildman–Crippen MR) is 86.9 cm³/mol. The molecule has 1 amide bonds. The standard InChI is InChI=1S/C15H15ClN6O/c1-10(2)22-14(7-8-17-22)18-15(23)12-9-21(20-19-12)13-6-4-3-5-11(13)16/h3-10H,1-2H3,(H,18,23). The molecule has 0 spiro atoms. The van der Waals surface area contributed by atoms with Crippen molar-refractivity contribution >= 4 is 23.3 Å². The van der Waals surface area contributed by atoms with Crippen LogP contribution in [-0.2, 0) is 0 Å². The highest BCUT2D eigenvalue weighted by Crippen LogP contribution is 2.19. The van der Waals surface area contributed by atoms with Crippen LogP contribution in [0.3, 0.4) is 0 Å². The summed E-state index contributed by atoms with van der Waals surface area (Å²) in [6.45, 7) is 3.96. The van der Waals surface area contributed by atoms with Crippen LogP contribution < -0.4 is 5.32 Å². The van der Waals surface area contributed by atoms with E-state index in [1.54, 1.807) is 29.1 Å². The first-order valence-electron chi connectivity index (χ1n) is 7.08. The number of carbonyl (C=O) groups is 1. The van der Waals surface area contributed by atoms with Gasteiger partial charge in [0.15, 0.2) is 5.69 Å². The van der Waals surface area contributed by atoms with Crippen molar-refractivity contribution in [2.45, 2.75) is 19.9 Å². The smallest absolute Gasteiger partial charge is 0.279 e. The van der Waals surface area contributed by atoms with Crippen LogP contribution in [-0.4, -0.2) is 30.7 Å². The SMILES string of the molecule is CC(C)n1nccc1NC(=O)c1cn(-c2ccccc2Cl)nn1. The molecule has 1 aromatic carbocycles. The van der Waals surface area contributed by atoms with Gasteiger partial charge in [-0.2, -0.15) is 5.10 Å². The molecule has 1 N–H and O–H groups in total. The van der Waals surface area contributed by atoms with Crippen molar-refractivity contribution in [1.29, 1.82) is 0 Å². The Balaban J connectivity index is 1.82. The van der Waals surface area contributed by atoms with Gasteiger partial charge in [-0.3, -0.25) is 4.79 Å². The van der Waals surface area contributed by atoms with Gasteiger partial charge < -0.3 is 5.32 Å². The number of amides is 1. The van der Waals surface area contributed by atoms with Gasteiger partial charge in [-0.15, -0.1) is 5.10 Å². The molecule has 3 aromatic rings. The molecule has 0 aliphatic heterocycles. The van der Waals surface area contributed by atoms with E-state index in [1.165, 1.54) is 10.9 Å². The van der Waals surface area contributed by atoms with Crippen LogP contribution in [0.15, 0.2) is 42.7 Å². The van der Waals surface area contributed by atoms with Crippen LogP contribution in [0, 0.1) is 0 Å². The van der Waals surface area contributed by atoms with Gasteiger partial charge in [-0.25, -0.2) is 9.36 Å². The Morgan fingerprint density at radius 1 is 1.26 bits per heavy atom. The normalized spacial score (nSPS) is 11.0. The largest absolute Gasteiger partial charge is 0.305 e. The number of rotatable bonds is 4. The highest BCUT2D eigenvalue weighted by molar-refractivity contribution is 6.32. The molecule has 118 valence electrons. The topological polar surface area (TPSA) is 77.6 Å². The summed E-state index contributed by atoms with van der Waals surface area (Å²) < 4.78 is 3.19. The second-order valence-electron chi connectivity index (χ2n) is 5.21. The lowest BCUT2D eigenvalue weighted by Gasteiger charge is -2.10. The monoisotopic (exact) mass is 330 g/mol. The summed E-state index contributed by atoms with van der Waals surface area (Å²) in [5.74, 6) is 0.253. The number of para-hydroxylation sites is 1. The Labute approximate surface area is 137 Å². The van der Waals surface area contributed by atoms with Crippen molar-refractivity contribution in [2.75, 3.05) is 5.32 Å². The second-order valence-corrected chi connectivity index (χ2v) is 5.62. The Hall–Kier alpha value is -2.67. The summed E-state index contributed by atoms with van der Waals surface area (Å²) >= 11 is 6.12. The quantitative estimate of drug-likeness (QED) is 0.797. The van der Waals surface area contributed by atoms with Crippen molar-refractivity contribution in [3.05, 3.63) is 53.4 Å². The summed E-state index contributed by atoms with van der Waals surface area (Å²) in [6.07, 6.45) is 3.17. The van der Waals surface area contributed by atoms with Gasteiger partial charge in [0.2, 0.25) is 0 Å². The average molecular weight is 331 g/mol. The second kappa shape index (κ2) is 6.21. The van der Waals surface area contributed by atoms with Gasteiger partial charge in [0.1, 0.15) is 5.82 Å². The Bertz CT molecular complexity index is 838. The Morgan fingerprint density at radius 3 is 2.78 bits per heavy atom. The van der Waals surface area contributed by atoms with E-state index in [4.69, 9.17) is 11.6 Å². The minimum atomic E-state index is -0.356. The fraction of sp³-hybridized carbons (Fsp3) is 0.200. The van der Waals surface area contributed by atoms with E-state index in [-0.39, 0.29) is 17.6 Å². The maximum absolute atomic E-state index is 12.3. The van der Waals surface area contributed by atoms with Gasteiger partial charge >= 0.3 is 0 Å². The minimum absolute atomic E-state index is 0.138. The van der Waals surface area contributed by atoms with Crippen molar-refractivity contribution in [3.63, 3.8) is 0 Å². The van der Waals surface area contributed by atoms with Gasteiger partial charge in [0.25, 0.3) is 5.91 Å². The minimum Gasteiger partial charge on any atom is -0.305 e. The zero-order valence-corrected chi connectivity index (χ0v) is 13.4. The molecule has 8 heteroatoms. The van der Waals surface area contributed by atoms with Crippen molar-refractivity contribution < 1.29 is 4.79 Å². The molecule has 0 atom stereocenters. The van der Waals surface area contributed by atoms with E-state index in [1.807, 2.05) is 26.0 Å². The van der Waals surface area contributed by atoms with Crippen LogP contribution >= 0.6 is 11.6 Å². The highest BCUT2D eigenvalue weighted by Gasteiger charge is 2.15. The number of hydrogen-bond donors (Lipinski definition) is 1. The molecule has 2 heterocycles. The molecular weight excluding hydrogens is 316 g/mol. The summed E-state index contributed by atoms with van der Waals surface area (Å²) in [7, 11) is 0. The molecule has 2 aromatic heterocycles. The summed E-state index contributed by atoms with van der Waals surface area (Å²) in [6, 6.07) is 9.08. The molecule has 0 fully saturated rings. The van der Waals surface area contributed by atoms with Crippen molar-refractivity contribution in [1.82, 2.24) is 24.8 Å². The van der Waals surface area contributed by atoms with E-state index in [0.717, 1.165) is 0 Å². The lowest BCUT2D eigenvalue weighted by molar-refractivity contribution is 0.102. The number of nitrogens with zero attached hydrogens (tertiary/aromatic N) is 5. The first-order valence-corrected chi connectivity index (χ1v) is 7.46. The van der Waals surface area contributed by atoms with Crippen LogP contribution in [0.4, 0.5) is 5.82 Å². The van der Waals surface area contributed by atoms with Crippen LogP contribution in [0.5, 0.6) is 0 Å². The third-order valence-corrected chi connectivity index (χ3v) is 3.55. The zero-order valence-electron chi connectivity index (χ0n) is 12.6. The fourth-order valence-electron chi connectivity index (χ4n) is 2.13. The Kier molecular flexibility index (Phi) is 4.12. The number of anilines is 1. The molecule has 3 rings (SSSR count). The maximum Gasteiger partial charge on any atom is 0.279 e. The highest BCUT2D eigenvalue weighted by atomic mass is 35.5. The van der Waals surface area contributed by atoms with Gasteiger partial charge in [0, 0.05) is 12.1 Å². The molecule has 0 saturated carbocycles. The first-order chi connectivity index (χ1) is 11.1. The number of aromatic nitrogens is 5. The molecule has 0 bridgehead atoms. The number of halogens is 1.